The Morgan fingerprint density at radius 2 is 1.88 bits per heavy atom. The molecule has 3 aromatic heterocycles. The molecule has 2 fully saturated rings. The Morgan fingerprint density at radius 1 is 1.12 bits per heavy atom. The number of anilines is 2. The van der Waals surface area contributed by atoms with Gasteiger partial charge in [0.25, 0.3) is 5.91 Å². The van der Waals surface area contributed by atoms with Gasteiger partial charge in [-0.3, -0.25) is 9.59 Å². The second-order valence-electron chi connectivity index (χ2n) is 11.0. The molecule has 6 rings (SSSR count). The number of carbonyl (C=O) groups excluding carboxylic acids is 2. The molecule has 0 aliphatic carbocycles. The smallest absolute Gasteiger partial charge is 0.383 e. The first-order chi connectivity index (χ1) is 20.0. The molecular weight excluding hydrogens is 551 g/mol. The number of aromatic nitrogens is 4. The number of likely N-dealkylation sites (tertiary alicyclic amines) is 1. The van der Waals surface area contributed by atoms with Crippen molar-refractivity contribution in [2.24, 2.45) is 5.41 Å². The molecule has 218 valence electrons. The van der Waals surface area contributed by atoms with Crippen molar-refractivity contribution in [3.8, 4) is 11.1 Å². The molecule has 0 saturated carbocycles. The lowest BCUT2D eigenvalue weighted by Crippen LogP contribution is -2.55. The van der Waals surface area contributed by atoms with E-state index in [1.807, 2.05) is 22.6 Å². The number of rotatable bonds is 5. The van der Waals surface area contributed by atoms with Crippen molar-refractivity contribution in [2.75, 3.05) is 37.4 Å². The number of nitrogen functional groups attached to an aromatic ring is 1. The van der Waals surface area contributed by atoms with Crippen LogP contribution in [0, 0.1) is 5.41 Å². The molecule has 2 aliphatic rings. The van der Waals surface area contributed by atoms with E-state index in [1.165, 1.54) is 6.33 Å². The number of carbonyl (C=O) groups is 2. The van der Waals surface area contributed by atoms with Crippen LogP contribution in [0.2, 0.25) is 0 Å². The molecule has 1 aromatic carbocycles. The predicted octanol–water partition coefficient (Wildman–Crippen LogP) is 4.55. The summed E-state index contributed by atoms with van der Waals surface area (Å²) in [7, 11) is 0. The minimum atomic E-state index is -4.55. The summed E-state index contributed by atoms with van der Waals surface area (Å²) in [6, 6.07) is 8.20. The Hall–Kier alpha value is -4.52. The minimum Gasteiger partial charge on any atom is -0.383 e. The van der Waals surface area contributed by atoms with E-state index >= 15 is 0 Å². The van der Waals surface area contributed by atoms with E-state index in [4.69, 9.17) is 10.5 Å². The molecule has 3 N–H and O–H groups in total. The Bertz CT molecular complexity index is 1670. The molecule has 1 atom stereocenters. The highest BCUT2D eigenvalue weighted by Crippen LogP contribution is 2.38. The van der Waals surface area contributed by atoms with Crippen LogP contribution in [-0.4, -0.2) is 62.5 Å². The normalized spacial score (nSPS) is 18.5. The maximum atomic E-state index is 13.2. The molecule has 2 aliphatic heterocycles. The SMILES string of the molecule is CC1(C(=O)N2CCC[C@@H](n3cc(-c4ccc(C(=O)Nc5cc(C(F)(F)F)ccn5)cc4)c4c(N)ncnc43)C2)COC1. The lowest BCUT2D eigenvalue weighted by molar-refractivity contribution is -0.170. The van der Waals surface area contributed by atoms with E-state index in [9.17, 15) is 22.8 Å². The minimum absolute atomic E-state index is 0.0251. The summed E-state index contributed by atoms with van der Waals surface area (Å²) < 4.78 is 46.4. The summed E-state index contributed by atoms with van der Waals surface area (Å²) in [6.45, 7) is 4.01. The van der Waals surface area contributed by atoms with E-state index < -0.39 is 23.1 Å². The lowest BCUT2D eigenvalue weighted by atomic mass is 9.86. The van der Waals surface area contributed by atoms with Gasteiger partial charge in [0.15, 0.2) is 0 Å². The van der Waals surface area contributed by atoms with Crippen molar-refractivity contribution < 1.29 is 27.5 Å². The van der Waals surface area contributed by atoms with Crippen LogP contribution in [0.15, 0.2) is 55.1 Å². The van der Waals surface area contributed by atoms with Crippen LogP contribution in [0.5, 0.6) is 0 Å². The van der Waals surface area contributed by atoms with Crippen LogP contribution in [-0.2, 0) is 15.7 Å². The van der Waals surface area contributed by atoms with Gasteiger partial charge in [0.2, 0.25) is 5.91 Å². The molecule has 2 amide bonds. The molecule has 42 heavy (non-hydrogen) atoms. The molecule has 0 spiro atoms. The number of fused-ring (bicyclic) bond motifs is 1. The Morgan fingerprint density at radius 3 is 2.57 bits per heavy atom. The molecule has 10 nitrogen and oxygen atoms in total. The molecule has 2 saturated heterocycles. The molecular formula is C29H28F3N7O3. The van der Waals surface area contributed by atoms with Crippen molar-refractivity contribution in [1.29, 1.82) is 0 Å². The van der Waals surface area contributed by atoms with Gasteiger partial charge in [0.05, 0.1) is 35.6 Å². The van der Waals surface area contributed by atoms with Crippen molar-refractivity contribution in [3.63, 3.8) is 0 Å². The average molecular weight is 580 g/mol. The molecule has 5 heterocycles. The number of hydrogen-bond donors (Lipinski definition) is 2. The fourth-order valence-electron chi connectivity index (χ4n) is 5.55. The predicted molar refractivity (Wildman–Crippen MR) is 148 cm³/mol. The topological polar surface area (TPSA) is 128 Å². The van der Waals surface area contributed by atoms with E-state index in [0.717, 1.165) is 42.3 Å². The van der Waals surface area contributed by atoms with E-state index in [1.54, 1.807) is 24.3 Å². The van der Waals surface area contributed by atoms with Crippen LogP contribution >= 0.6 is 0 Å². The molecule has 0 bridgehead atoms. The largest absolute Gasteiger partial charge is 0.416 e. The monoisotopic (exact) mass is 579 g/mol. The van der Waals surface area contributed by atoms with Crippen molar-refractivity contribution >= 4 is 34.5 Å². The summed E-state index contributed by atoms with van der Waals surface area (Å²) in [6.07, 6.45) is 1.49. The number of ether oxygens (including phenoxy) is 1. The Balaban J connectivity index is 1.26. The fraction of sp³-hybridized carbons (Fsp3) is 0.345. The van der Waals surface area contributed by atoms with Gasteiger partial charge < -0.3 is 25.3 Å². The number of halogens is 3. The van der Waals surface area contributed by atoms with Crippen LogP contribution in [0.3, 0.4) is 0 Å². The van der Waals surface area contributed by atoms with Gasteiger partial charge in [-0.2, -0.15) is 13.2 Å². The summed E-state index contributed by atoms with van der Waals surface area (Å²) in [4.78, 5) is 40.4. The highest BCUT2D eigenvalue weighted by atomic mass is 19.4. The van der Waals surface area contributed by atoms with Crippen LogP contribution in [0.25, 0.3) is 22.2 Å². The second kappa shape index (κ2) is 10.4. The van der Waals surface area contributed by atoms with Crippen molar-refractivity contribution in [1.82, 2.24) is 24.4 Å². The Kier molecular flexibility index (Phi) is 6.84. The second-order valence-corrected chi connectivity index (χ2v) is 11.0. The van der Waals surface area contributed by atoms with Crippen molar-refractivity contribution in [3.05, 3.63) is 66.2 Å². The number of amides is 2. The summed E-state index contributed by atoms with van der Waals surface area (Å²) >= 11 is 0. The number of piperidine rings is 1. The first kappa shape index (κ1) is 27.6. The number of nitrogens with zero attached hydrogens (tertiary/aromatic N) is 5. The molecule has 13 heteroatoms. The van der Waals surface area contributed by atoms with Gasteiger partial charge in [0, 0.05) is 36.6 Å². The van der Waals surface area contributed by atoms with Crippen molar-refractivity contribution in [2.45, 2.75) is 32.0 Å². The maximum Gasteiger partial charge on any atom is 0.416 e. The number of pyridine rings is 1. The van der Waals surface area contributed by atoms with E-state index in [0.29, 0.717) is 43.2 Å². The quantitative estimate of drug-likeness (QED) is 0.355. The standard InChI is InChI=1S/C29H28F3N7O3/c1-28(14-42-15-28)27(41)38-10-2-3-20(12-38)39-13-21(23-24(33)35-16-36-25(23)39)17-4-6-18(7-5-17)26(40)37-22-11-19(8-9-34-22)29(30,31)32/h4-9,11,13,16,20H,2-3,10,12,14-15H2,1H3,(H2,33,35,36)(H,34,37,40)/t20-/m1/s1. The highest BCUT2D eigenvalue weighted by molar-refractivity contribution is 6.05. The van der Waals surface area contributed by atoms with Gasteiger partial charge in [-0.1, -0.05) is 12.1 Å². The van der Waals surface area contributed by atoms with Gasteiger partial charge in [-0.15, -0.1) is 0 Å². The first-order valence-corrected chi connectivity index (χ1v) is 13.5. The number of alkyl halides is 3. The van der Waals surface area contributed by atoms with Crippen LogP contribution < -0.4 is 11.1 Å². The number of nitrogens with one attached hydrogen (secondary N) is 1. The zero-order valence-corrected chi connectivity index (χ0v) is 22.7. The molecule has 4 aromatic rings. The number of hydrogen-bond acceptors (Lipinski definition) is 7. The van der Waals surface area contributed by atoms with Gasteiger partial charge in [-0.05, 0) is 49.6 Å². The van der Waals surface area contributed by atoms with E-state index in [2.05, 4.69) is 20.3 Å². The van der Waals surface area contributed by atoms with Gasteiger partial charge in [0.1, 0.15) is 23.6 Å². The van der Waals surface area contributed by atoms with Crippen LogP contribution in [0.4, 0.5) is 24.8 Å². The van der Waals surface area contributed by atoms with Gasteiger partial charge in [-0.25, -0.2) is 15.0 Å². The third-order valence-corrected chi connectivity index (χ3v) is 7.86. The molecule has 0 radical (unpaired) electrons. The van der Waals surface area contributed by atoms with Crippen LogP contribution in [0.1, 0.15) is 41.7 Å². The van der Waals surface area contributed by atoms with E-state index in [-0.39, 0.29) is 23.3 Å². The highest BCUT2D eigenvalue weighted by Gasteiger charge is 2.44. The fourth-order valence-corrected chi connectivity index (χ4v) is 5.55. The summed E-state index contributed by atoms with van der Waals surface area (Å²) in [5, 5.41) is 3.07. The third kappa shape index (κ3) is 5.04. The van der Waals surface area contributed by atoms with Gasteiger partial charge >= 0.3 is 6.18 Å². The zero-order chi connectivity index (χ0) is 29.6. The maximum absolute atomic E-state index is 13.2. The Labute approximate surface area is 238 Å². The molecule has 0 unspecified atom stereocenters. The summed E-state index contributed by atoms with van der Waals surface area (Å²) in [5.74, 6) is -0.408. The first-order valence-electron chi connectivity index (χ1n) is 13.5. The zero-order valence-electron chi connectivity index (χ0n) is 22.7. The summed E-state index contributed by atoms with van der Waals surface area (Å²) in [5.41, 5.74) is 7.31. The third-order valence-electron chi connectivity index (χ3n) is 7.86. The average Bonchev–Trinajstić information content (AvgIpc) is 3.36. The lowest BCUT2D eigenvalue weighted by Gasteiger charge is -2.43. The number of nitrogens with two attached hydrogens (primary N) is 1. The number of benzene rings is 1.